The molecule has 1 aromatic heterocycles. The fraction of sp³-hybridized carbons (Fsp3) is 0.154. The first-order valence-electron chi connectivity index (χ1n) is 5.71. The van der Waals surface area contributed by atoms with Crippen LogP contribution in [0.5, 0.6) is 0 Å². The summed E-state index contributed by atoms with van der Waals surface area (Å²) in [5, 5.41) is 6.15. The molecule has 0 bridgehead atoms. The van der Waals surface area contributed by atoms with Crippen LogP contribution in [0.1, 0.15) is 16.1 Å². The van der Waals surface area contributed by atoms with Crippen molar-refractivity contribution in [3.05, 3.63) is 53.1 Å². The largest absolute Gasteiger partial charge is 0.379 e. The van der Waals surface area contributed by atoms with Gasteiger partial charge in [0.05, 0.1) is 22.8 Å². The summed E-state index contributed by atoms with van der Waals surface area (Å²) in [6.07, 6.45) is 3.18. The molecule has 0 fully saturated rings. The topological polar surface area (TPSA) is 66.9 Å². The monoisotopic (exact) mass is 276 g/mol. The van der Waals surface area contributed by atoms with Crippen LogP contribution in [0.2, 0.25) is 5.02 Å². The predicted molar refractivity (Wildman–Crippen MR) is 74.2 cm³/mol. The molecule has 19 heavy (non-hydrogen) atoms. The smallest absolute Gasteiger partial charge is 0.252 e. The molecular weight excluding hydrogens is 264 g/mol. The summed E-state index contributed by atoms with van der Waals surface area (Å²) in [5.41, 5.74) is 2.12. The van der Waals surface area contributed by atoms with E-state index in [2.05, 4.69) is 20.6 Å². The molecule has 0 spiro atoms. The summed E-state index contributed by atoms with van der Waals surface area (Å²) in [4.78, 5) is 19.6. The van der Waals surface area contributed by atoms with Crippen molar-refractivity contribution in [3.63, 3.8) is 0 Å². The summed E-state index contributed by atoms with van der Waals surface area (Å²) in [6, 6.07) is 7.04. The number of carbonyl (C=O) groups is 1. The summed E-state index contributed by atoms with van der Waals surface area (Å²) < 4.78 is 0. The lowest BCUT2D eigenvalue weighted by Gasteiger charge is -2.09. The average molecular weight is 277 g/mol. The molecule has 1 aromatic carbocycles. The van der Waals surface area contributed by atoms with Crippen molar-refractivity contribution in [2.75, 3.05) is 12.4 Å². The van der Waals surface area contributed by atoms with E-state index in [0.717, 1.165) is 11.4 Å². The van der Waals surface area contributed by atoms with Gasteiger partial charge >= 0.3 is 0 Å². The molecule has 0 radical (unpaired) electrons. The molecule has 0 atom stereocenters. The van der Waals surface area contributed by atoms with E-state index in [9.17, 15) is 4.79 Å². The van der Waals surface area contributed by atoms with Crippen molar-refractivity contribution in [1.29, 1.82) is 0 Å². The fourth-order valence-corrected chi connectivity index (χ4v) is 1.76. The third kappa shape index (κ3) is 3.42. The zero-order valence-electron chi connectivity index (χ0n) is 10.4. The first-order valence-corrected chi connectivity index (χ1v) is 6.09. The number of amides is 1. The second-order valence-corrected chi connectivity index (χ2v) is 4.24. The maximum Gasteiger partial charge on any atom is 0.252 e. The maximum absolute atomic E-state index is 11.6. The van der Waals surface area contributed by atoms with Gasteiger partial charge in [-0.05, 0) is 24.3 Å². The van der Waals surface area contributed by atoms with Crippen molar-refractivity contribution in [2.45, 2.75) is 6.54 Å². The summed E-state index contributed by atoms with van der Waals surface area (Å²) in [5.74, 6) is -0.212. The van der Waals surface area contributed by atoms with Crippen LogP contribution in [0.25, 0.3) is 0 Å². The number of hydrogen-bond donors (Lipinski definition) is 2. The number of carbonyl (C=O) groups excluding carboxylic acids is 1. The van der Waals surface area contributed by atoms with E-state index in [1.165, 1.54) is 6.33 Å². The molecule has 5 nitrogen and oxygen atoms in total. The Bertz CT molecular complexity index is 574. The number of hydrogen-bond acceptors (Lipinski definition) is 4. The number of anilines is 1. The number of aromatic nitrogens is 2. The lowest BCUT2D eigenvalue weighted by Crippen LogP contribution is -2.18. The zero-order chi connectivity index (χ0) is 13.7. The van der Waals surface area contributed by atoms with Gasteiger partial charge < -0.3 is 10.6 Å². The van der Waals surface area contributed by atoms with Crippen LogP contribution in [-0.2, 0) is 6.54 Å². The van der Waals surface area contributed by atoms with Gasteiger partial charge in [-0.2, -0.15) is 0 Å². The standard InChI is InChI=1S/C13H13ClN4O/c1-15-13(19)11-6-9(2-3-12(11)14)17-7-10-4-5-16-8-18-10/h2-6,8,17H,7H2,1H3,(H,15,19). The van der Waals surface area contributed by atoms with Gasteiger partial charge in [0, 0.05) is 18.9 Å². The van der Waals surface area contributed by atoms with Crippen molar-refractivity contribution in [2.24, 2.45) is 0 Å². The van der Waals surface area contributed by atoms with Crippen molar-refractivity contribution in [1.82, 2.24) is 15.3 Å². The lowest BCUT2D eigenvalue weighted by molar-refractivity contribution is 0.0963. The number of benzene rings is 1. The molecule has 0 saturated heterocycles. The highest BCUT2D eigenvalue weighted by Crippen LogP contribution is 2.20. The van der Waals surface area contributed by atoms with E-state index in [-0.39, 0.29) is 5.91 Å². The highest BCUT2D eigenvalue weighted by molar-refractivity contribution is 6.34. The zero-order valence-corrected chi connectivity index (χ0v) is 11.1. The number of nitrogens with one attached hydrogen (secondary N) is 2. The Balaban J connectivity index is 2.11. The molecule has 1 amide bonds. The molecule has 2 aromatic rings. The van der Waals surface area contributed by atoms with Crippen LogP contribution in [0.4, 0.5) is 5.69 Å². The van der Waals surface area contributed by atoms with E-state index in [0.29, 0.717) is 17.1 Å². The van der Waals surface area contributed by atoms with Crippen LogP contribution in [0.15, 0.2) is 36.8 Å². The average Bonchev–Trinajstić information content (AvgIpc) is 2.46. The molecule has 2 N–H and O–H groups in total. The fourth-order valence-electron chi connectivity index (χ4n) is 1.56. The van der Waals surface area contributed by atoms with Crippen LogP contribution in [0.3, 0.4) is 0 Å². The van der Waals surface area contributed by atoms with E-state index in [4.69, 9.17) is 11.6 Å². The number of rotatable bonds is 4. The minimum Gasteiger partial charge on any atom is -0.379 e. The van der Waals surface area contributed by atoms with Crippen LogP contribution in [0, 0.1) is 0 Å². The molecule has 0 aliphatic carbocycles. The van der Waals surface area contributed by atoms with Gasteiger partial charge in [0.15, 0.2) is 0 Å². The normalized spacial score (nSPS) is 10.0. The quantitative estimate of drug-likeness (QED) is 0.897. The van der Waals surface area contributed by atoms with Gasteiger partial charge in [0.1, 0.15) is 6.33 Å². The Morgan fingerprint density at radius 2 is 2.21 bits per heavy atom. The van der Waals surface area contributed by atoms with Gasteiger partial charge in [-0.15, -0.1) is 0 Å². The highest BCUT2D eigenvalue weighted by atomic mass is 35.5. The third-order valence-electron chi connectivity index (χ3n) is 2.55. The Hall–Kier alpha value is -2.14. The molecule has 6 heteroatoms. The van der Waals surface area contributed by atoms with Crippen molar-refractivity contribution >= 4 is 23.2 Å². The number of halogens is 1. The molecule has 2 rings (SSSR count). The van der Waals surface area contributed by atoms with Crippen LogP contribution < -0.4 is 10.6 Å². The van der Waals surface area contributed by atoms with Gasteiger partial charge in [0.2, 0.25) is 0 Å². The number of nitrogens with zero attached hydrogens (tertiary/aromatic N) is 2. The van der Waals surface area contributed by atoms with Crippen LogP contribution >= 0.6 is 11.6 Å². The van der Waals surface area contributed by atoms with Gasteiger partial charge in [-0.3, -0.25) is 4.79 Å². The predicted octanol–water partition coefficient (Wildman–Crippen LogP) is 2.10. The summed E-state index contributed by atoms with van der Waals surface area (Å²) in [6.45, 7) is 0.553. The highest BCUT2D eigenvalue weighted by Gasteiger charge is 2.09. The lowest BCUT2D eigenvalue weighted by atomic mass is 10.2. The van der Waals surface area contributed by atoms with Gasteiger partial charge in [-0.25, -0.2) is 9.97 Å². The summed E-state index contributed by atoms with van der Waals surface area (Å²) in [7, 11) is 1.57. The minimum absolute atomic E-state index is 0.212. The van der Waals surface area contributed by atoms with Crippen molar-refractivity contribution in [3.8, 4) is 0 Å². The Morgan fingerprint density at radius 3 is 2.89 bits per heavy atom. The molecule has 0 saturated carbocycles. The molecule has 1 heterocycles. The summed E-state index contributed by atoms with van der Waals surface area (Å²) >= 11 is 5.98. The van der Waals surface area contributed by atoms with Crippen molar-refractivity contribution < 1.29 is 4.79 Å². The molecule has 98 valence electrons. The SMILES string of the molecule is CNC(=O)c1cc(NCc2ccncn2)ccc1Cl. The maximum atomic E-state index is 11.6. The second kappa shape index (κ2) is 6.15. The van der Waals surface area contributed by atoms with Crippen LogP contribution in [-0.4, -0.2) is 22.9 Å². The second-order valence-electron chi connectivity index (χ2n) is 3.83. The Labute approximate surface area is 116 Å². The minimum atomic E-state index is -0.212. The van der Waals surface area contributed by atoms with E-state index in [1.807, 2.05) is 12.1 Å². The molecule has 0 aliphatic heterocycles. The van der Waals surface area contributed by atoms with E-state index >= 15 is 0 Å². The third-order valence-corrected chi connectivity index (χ3v) is 2.88. The van der Waals surface area contributed by atoms with Gasteiger partial charge in [0.25, 0.3) is 5.91 Å². The first-order chi connectivity index (χ1) is 9.20. The van der Waals surface area contributed by atoms with E-state index < -0.39 is 0 Å². The first kappa shape index (κ1) is 13.3. The van der Waals surface area contributed by atoms with Gasteiger partial charge in [-0.1, -0.05) is 11.6 Å². The molecule has 0 aliphatic rings. The van der Waals surface area contributed by atoms with E-state index in [1.54, 1.807) is 25.4 Å². The molecule has 0 unspecified atom stereocenters. The Morgan fingerprint density at radius 1 is 1.37 bits per heavy atom. The molecular formula is C13H13ClN4O. The Kier molecular flexibility index (Phi) is 4.30.